The van der Waals surface area contributed by atoms with Gasteiger partial charge >= 0.3 is 0 Å². The SMILES string of the molecule is [B][11B]C1[11B]([B])C1([11B][B])Cc1cc(CC2([11B][B])[11B]([B])C2[11B][B])cc(Oc2ccc(C#N)c(C#N)c2)c1. The van der Waals surface area contributed by atoms with Crippen molar-refractivity contribution in [2.45, 2.75) is 34.7 Å². The van der Waals surface area contributed by atoms with Crippen LogP contribution in [-0.2, 0) is 12.8 Å². The maximum atomic E-state index is 9.36. The maximum Gasteiger partial charge on any atom is 0.128 e. The van der Waals surface area contributed by atoms with E-state index in [2.05, 4.69) is 6.07 Å². The van der Waals surface area contributed by atoms with E-state index < -0.39 is 10.4 Å². The fourth-order valence-corrected chi connectivity index (χ4v) is 5.28. The normalized spacial score (nSPS) is 26.1. The van der Waals surface area contributed by atoms with Crippen LogP contribution in [-0.4, -0.2) is 88.3 Å². The second-order valence-corrected chi connectivity index (χ2v) is 9.42. The number of benzene rings is 2. The third-order valence-corrected chi connectivity index (χ3v) is 7.59. The second kappa shape index (κ2) is 10.2. The van der Waals surface area contributed by atoms with E-state index >= 15 is 0 Å². The van der Waals surface area contributed by atoms with Crippen LogP contribution in [0, 0.1) is 22.7 Å². The molecule has 2 aromatic rings. The Hall–Kier alpha value is -2.00. The van der Waals surface area contributed by atoms with Gasteiger partial charge < -0.3 is 4.74 Å². The molecule has 144 valence electrons. The van der Waals surface area contributed by atoms with Crippen molar-refractivity contribution in [2.24, 2.45) is 0 Å². The van der Waals surface area contributed by atoms with Gasteiger partial charge in [-0.3, -0.25) is 0 Å². The number of ether oxygens (including phenoxy) is 1. The van der Waals surface area contributed by atoms with E-state index in [1.54, 1.807) is 46.9 Å². The summed E-state index contributed by atoms with van der Waals surface area (Å²) in [7, 11) is 42.6. The monoisotopic (exact) mass is 428 g/mol. The standard InChI is InChI=1S/C20H12B12N2O/c21-27-17-19(29-23,31(17)25)7-11-3-12(8-20(30-24)18(28-22)32(20)26)5-16(4-11)35-15-2-1-13(9-33)14(6-15)10-34/h1-6,17-18H,7-8H2/i27+0,28+0,29+0,30+0,31+0,32+0. The molecule has 2 aliphatic rings. The Kier molecular flexibility index (Phi) is 7.57. The van der Waals surface area contributed by atoms with Gasteiger partial charge in [-0.05, 0) is 54.3 Å². The van der Waals surface area contributed by atoms with Crippen LogP contribution in [0.25, 0.3) is 0 Å². The number of nitriles is 2. The molecule has 2 aromatic carbocycles. The molecule has 0 N–H and O–H groups in total. The summed E-state index contributed by atoms with van der Waals surface area (Å²) in [4.78, 5) is 0. The third-order valence-electron chi connectivity index (χ3n) is 7.59. The lowest BCUT2D eigenvalue weighted by Gasteiger charge is -2.22. The number of hydrogen-bond donors (Lipinski definition) is 0. The summed E-state index contributed by atoms with van der Waals surface area (Å²) in [6.45, 7) is -0.335. The van der Waals surface area contributed by atoms with Crippen LogP contribution in [0.5, 0.6) is 11.5 Å². The number of rotatable bonds is 10. The predicted molar refractivity (Wildman–Crippen MR) is 152 cm³/mol. The zero-order valence-corrected chi connectivity index (χ0v) is 19.3. The van der Waals surface area contributed by atoms with Gasteiger partial charge in [0.2, 0.25) is 0 Å². The van der Waals surface area contributed by atoms with Gasteiger partial charge in [0.1, 0.15) is 23.6 Å². The molecule has 0 aromatic heterocycles. The van der Waals surface area contributed by atoms with Crippen molar-refractivity contribution in [1.29, 1.82) is 10.5 Å². The Morgan fingerprint density at radius 1 is 0.771 bits per heavy atom. The van der Waals surface area contributed by atoms with E-state index in [0.717, 1.165) is 11.1 Å². The van der Waals surface area contributed by atoms with Crippen molar-refractivity contribution in [3.05, 3.63) is 58.7 Å². The molecule has 2 fully saturated rings. The van der Waals surface area contributed by atoms with Gasteiger partial charge in [-0.25, -0.2) is 0 Å². The summed E-state index contributed by atoms with van der Waals surface area (Å²) < 4.78 is 6.13. The minimum Gasteiger partial charge on any atom is -0.457 e. The molecule has 2 saturated heterocycles. The highest BCUT2D eigenvalue weighted by Gasteiger charge is 2.59. The second-order valence-electron chi connectivity index (χ2n) is 9.42. The van der Waals surface area contributed by atoms with Crippen molar-refractivity contribution in [3.63, 3.8) is 0 Å². The van der Waals surface area contributed by atoms with Crippen LogP contribution in [0.1, 0.15) is 22.3 Å². The zero-order valence-electron chi connectivity index (χ0n) is 19.3. The Labute approximate surface area is 220 Å². The van der Waals surface area contributed by atoms with Crippen LogP contribution >= 0.6 is 0 Å². The highest BCUT2D eigenvalue weighted by atomic mass is 16.5. The van der Waals surface area contributed by atoms with Gasteiger partial charge in [0.25, 0.3) is 0 Å². The number of nitrogens with zero attached hydrogens (tertiary/aromatic N) is 2. The molecule has 35 heavy (non-hydrogen) atoms. The van der Waals surface area contributed by atoms with E-state index in [0.29, 0.717) is 24.3 Å². The average molecular weight is 427 g/mol. The van der Waals surface area contributed by atoms with Crippen molar-refractivity contribution in [1.82, 2.24) is 0 Å². The fraction of sp³-hybridized carbons (Fsp3) is 0.300. The average Bonchev–Trinajstić information content (AvgIpc) is 3.66. The van der Waals surface area contributed by atoms with Gasteiger partial charge in [-0.1, -0.05) is 6.07 Å². The third kappa shape index (κ3) is 4.61. The molecule has 15 heteroatoms. The van der Waals surface area contributed by atoms with Crippen LogP contribution in [0.15, 0.2) is 36.4 Å². The predicted octanol–water partition coefficient (Wildman–Crippen LogP) is -0.144. The number of hydrogen-bond acceptors (Lipinski definition) is 3. The molecule has 2 aliphatic heterocycles. The lowest BCUT2D eigenvalue weighted by atomic mass is 9.38. The molecule has 4 atom stereocenters. The first kappa shape index (κ1) is 26.1. The molecule has 0 saturated carbocycles. The lowest BCUT2D eigenvalue weighted by molar-refractivity contribution is 0.481. The Balaban J connectivity index is 1.68. The molecule has 3 nitrogen and oxygen atoms in total. The van der Waals surface area contributed by atoms with Crippen molar-refractivity contribution in [2.75, 3.05) is 0 Å². The minimum atomic E-state index is -0.436. The van der Waals surface area contributed by atoms with Crippen LogP contribution in [0.4, 0.5) is 0 Å². The first-order valence-electron chi connectivity index (χ1n) is 11.3. The molecular weight excluding hydrogens is 415 g/mol. The summed E-state index contributed by atoms with van der Waals surface area (Å²) in [6, 6.07) is 14.7. The molecule has 0 bridgehead atoms. The fourth-order valence-electron chi connectivity index (χ4n) is 5.28. The molecular formula is C20H12B12N2O. The van der Waals surface area contributed by atoms with Gasteiger partial charge in [0.15, 0.2) is 0 Å². The summed E-state index contributed by atoms with van der Waals surface area (Å²) in [5, 5.41) is 17.7. The van der Waals surface area contributed by atoms with Gasteiger partial charge in [-0.2, -0.15) is 10.5 Å². The van der Waals surface area contributed by atoms with E-state index in [4.69, 9.17) is 51.2 Å². The topological polar surface area (TPSA) is 56.8 Å². The van der Waals surface area contributed by atoms with E-state index in [1.165, 1.54) is 0 Å². The molecule has 4 unspecified atom stereocenters. The van der Waals surface area contributed by atoms with Gasteiger partial charge in [0, 0.05) is 60.8 Å². The molecule has 0 spiro atoms. The summed E-state index contributed by atoms with van der Waals surface area (Å²) in [6.07, 6.45) is 1.14. The molecule has 16 radical (unpaired) electrons. The van der Waals surface area contributed by atoms with Crippen LogP contribution in [0.3, 0.4) is 0 Å². The molecule has 0 aliphatic carbocycles. The maximum absolute atomic E-state index is 9.36. The summed E-state index contributed by atoms with van der Waals surface area (Å²) in [5.74, 6) is 1.01. The van der Waals surface area contributed by atoms with Crippen molar-refractivity contribution >= 4 is 88.3 Å². The van der Waals surface area contributed by atoms with Gasteiger partial charge in [-0.15, -0.1) is 21.9 Å². The molecule has 0 amide bonds. The highest BCUT2D eigenvalue weighted by molar-refractivity contribution is 7.29. The highest BCUT2D eigenvalue weighted by Crippen LogP contribution is 2.63. The molecule has 2 heterocycles. The zero-order chi connectivity index (χ0) is 25.4. The first-order chi connectivity index (χ1) is 16.8. The van der Waals surface area contributed by atoms with Gasteiger partial charge in [0.05, 0.1) is 38.7 Å². The van der Waals surface area contributed by atoms with E-state index in [-0.39, 0.29) is 35.8 Å². The Bertz CT molecular complexity index is 1150. The summed E-state index contributed by atoms with van der Waals surface area (Å²) >= 11 is 0. The quantitative estimate of drug-likeness (QED) is 0.496. The smallest absolute Gasteiger partial charge is 0.128 e. The van der Waals surface area contributed by atoms with Crippen molar-refractivity contribution < 1.29 is 4.74 Å². The minimum absolute atomic E-state index is 0.0194. The molecule has 4 rings (SSSR count). The van der Waals surface area contributed by atoms with Crippen LogP contribution < -0.4 is 4.74 Å². The lowest BCUT2D eigenvalue weighted by Crippen LogP contribution is -2.17. The van der Waals surface area contributed by atoms with E-state index in [1.807, 2.05) is 24.3 Å². The van der Waals surface area contributed by atoms with E-state index in [9.17, 15) is 10.5 Å². The Morgan fingerprint density at radius 2 is 1.29 bits per heavy atom. The van der Waals surface area contributed by atoms with Crippen LogP contribution in [0.2, 0.25) is 21.9 Å². The van der Waals surface area contributed by atoms with Crippen molar-refractivity contribution in [3.8, 4) is 23.6 Å². The largest absolute Gasteiger partial charge is 0.457 e. The Morgan fingerprint density at radius 3 is 1.69 bits per heavy atom. The summed E-state index contributed by atoms with van der Waals surface area (Å²) in [5.41, 5.74) is 2.41. The first-order valence-corrected chi connectivity index (χ1v) is 11.3.